The fraction of sp³-hybridized carbons (Fsp3) is 0.929. The maximum atomic E-state index is 11.7. The average molecular weight is 447 g/mol. The maximum absolute atomic E-state index is 11.7. The quantitative estimate of drug-likeness (QED) is 0.449. The molecule has 0 radical (unpaired) electrons. The van der Waals surface area contributed by atoms with Crippen molar-refractivity contribution in [3.63, 3.8) is 0 Å². The molecule has 0 aromatic heterocycles. The van der Waals surface area contributed by atoms with Crippen LogP contribution in [0.25, 0.3) is 0 Å². The van der Waals surface area contributed by atoms with E-state index >= 15 is 0 Å². The molecule has 10 unspecified atom stereocenters. The van der Waals surface area contributed by atoms with E-state index < -0.39 is 17.6 Å². The summed E-state index contributed by atoms with van der Waals surface area (Å²) in [6.07, 6.45) is 9.77. The minimum absolute atomic E-state index is 0.0662. The molecule has 0 aromatic rings. The van der Waals surface area contributed by atoms with Crippen LogP contribution in [-0.4, -0.2) is 45.3 Å². The highest BCUT2D eigenvalue weighted by Gasteiger charge is 2.67. The van der Waals surface area contributed by atoms with Gasteiger partial charge in [0, 0.05) is 10.8 Å². The second kappa shape index (κ2) is 7.06. The first-order valence-corrected chi connectivity index (χ1v) is 13.2. The molecule has 0 aliphatic heterocycles. The summed E-state index contributed by atoms with van der Waals surface area (Å²) in [6, 6.07) is 0. The van der Waals surface area contributed by atoms with Gasteiger partial charge in [-0.05, 0) is 97.4 Å². The van der Waals surface area contributed by atoms with Gasteiger partial charge in [0.1, 0.15) is 0 Å². The molecule has 32 heavy (non-hydrogen) atoms. The summed E-state index contributed by atoms with van der Waals surface area (Å²) in [5.74, 6) is 1.01. The van der Waals surface area contributed by atoms with E-state index in [1.54, 1.807) is 0 Å². The molecule has 5 aliphatic rings. The van der Waals surface area contributed by atoms with Crippen LogP contribution < -0.4 is 0 Å². The van der Waals surface area contributed by atoms with E-state index in [1.807, 2.05) is 6.92 Å². The number of aliphatic hydroxyl groups is 4. The average Bonchev–Trinajstić information content (AvgIpc) is 3.04. The normalized spacial score (nSPS) is 56.8. The van der Waals surface area contributed by atoms with Crippen molar-refractivity contribution in [3.05, 3.63) is 11.6 Å². The standard InChI is InChI=1S/C28H46O4/c1-24(2)12-13-28(15-24)11-8-18-17(22(28)31)6-7-20-25(18,3)10-9-21-26(20,4)14-19(30)23(32)27(21,5)16-29/h6,18-23,29-32H,7-16H2,1-5H3. The first kappa shape index (κ1) is 23.3. The van der Waals surface area contributed by atoms with Crippen molar-refractivity contribution in [1.29, 1.82) is 0 Å². The summed E-state index contributed by atoms with van der Waals surface area (Å²) in [5, 5.41) is 43.7. The summed E-state index contributed by atoms with van der Waals surface area (Å²) in [4.78, 5) is 0. The van der Waals surface area contributed by atoms with E-state index in [4.69, 9.17) is 0 Å². The molecule has 0 aromatic carbocycles. The van der Waals surface area contributed by atoms with Crippen LogP contribution in [0, 0.1) is 44.8 Å². The topological polar surface area (TPSA) is 80.9 Å². The molecule has 5 rings (SSSR count). The zero-order chi connectivity index (χ0) is 23.3. The van der Waals surface area contributed by atoms with Crippen LogP contribution in [0.5, 0.6) is 0 Å². The highest BCUT2D eigenvalue weighted by Crippen LogP contribution is 2.71. The molecule has 5 aliphatic carbocycles. The van der Waals surface area contributed by atoms with Crippen molar-refractivity contribution in [2.24, 2.45) is 44.8 Å². The third kappa shape index (κ3) is 2.88. The van der Waals surface area contributed by atoms with Gasteiger partial charge in [0.15, 0.2) is 0 Å². The van der Waals surface area contributed by atoms with Gasteiger partial charge in [0.2, 0.25) is 0 Å². The van der Waals surface area contributed by atoms with Gasteiger partial charge >= 0.3 is 0 Å². The SMILES string of the molecule is CC1(C)CCC2(CCC3C(=CCC4C3(C)CCC3C(C)(CO)C(O)C(O)CC43C)C2O)C1. The van der Waals surface area contributed by atoms with Gasteiger partial charge in [0.05, 0.1) is 24.9 Å². The summed E-state index contributed by atoms with van der Waals surface area (Å²) in [6.45, 7) is 11.4. The first-order valence-electron chi connectivity index (χ1n) is 13.2. The Morgan fingerprint density at radius 2 is 1.59 bits per heavy atom. The molecular formula is C28H46O4. The fourth-order valence-electron chi connectivity index (χ4n) is 10.4. The van der Waals surface area contributed by atoms with Gasteiger partial charge in [0.25, 0.3) is 0 Å². The Kier molecular flexibility index (Phi) is 5.14. The zero-order valence-corrected chi connectivity index (χ0v) is 20.9. The van der Waals surface area contributed by atoms with Crippen molar-refractivity contribution >= 4 is 0 Å². The highest BCUT2D eigenvalue weighted by molar-refractivity contribution is 5.30. The Hall–Kier alpha value is -0.420. The Morgan fingerprint density at radius 3 is 2.22 bits per heavy atom. The van der Waals surface area contributed by atoms with Crippen LogP contribution in [0.2, 0.25) is 0 Å². The van der Waals surface area contributed by atoms with Gasteiger partial charge in [-0.2, -0.15) is 0 Å². The van der Waals surface area contributed by atoms with Crippen molar-refractivity contribution in [2.45, 2.75) is 111 Å². The maximum Gasteiger partial charge on any atom is 0.0877 e. The number of hydrogen-bond donors (Lipinski definition) is 4. The number of allylic oxidation sites excluding steroid dienone is 1. The first-order chi connectivity index (χ1) is 14.8. The van der Waals surface area contributed by atoms with Crippen molar-refractivity contribution in [1.82, 2.24) is 0 Å². The number of fused-ring (bicyclic) bond motifs is 5. The van der Waals surface area contributed by atoms with Gasteiger partial charge in [-0.3, -0.25) is 0 Å². The number of rotatable bonds is 1. The van der Waals surface area contributed by atoms with Crippen LogP contribution in [0.3, 0.4) is 0 Å². The minimum Gasteiger partial charge on any atom is -0.396 e. The van der Waals surface area contributed by atoms with Gasteiger partial charge in [-0.15, -0.1) is 0 Å². The lowest BCUT2D eigenvalue weighted by molar-refractivity contribution is -0.234. The molecule has 182 valence electrons. The molecule has 1 spiro atoms. The molecule has 4 fully saturated rings. The van der Waals surface area contributed by atoms with Gasteiger partial charge in [-0.25, -0.2) is 0 Å². The molecule has 0 saturated heterocycles. The number of aliphatic hydroxyl groups excluding tert-OH is 4. The molecular weight excluding hydrogens is 400 g/mol. The van der Waals surface area contributed by atoms with Crippen molar-refractivity contribution in [3.8, 4) is 0 Å². The molecule has 10 atom stereocenters. The van der Waals surface area contributed by atoms with E-state index in [1.165, 1.54) is 12.0 Å². The lowest BCUT2D eigenvalue weighted by atomic mass is 9.37. The molecule has 0 heterocycles. The summed E-state index contributed by atoms with van der Waals surface area (Å²) < 4.78 is 0. The van der Waals surface area contributed by atoms with Gasteiger partial charge < -0.3 is 20.4 Å². The Morgan fingerprint density at radius 1 is 0.875 bits per heavy atom. The largest absolute Gasteiger partial charge is 0.396 e. The molecule has 4 nitrogen and oxygen atoms in total. The summed E-state index contributed by atoms with van der Waals surface area (Å²) in [5.41, 5.74) is 1.02. The zero-order valence-electron chi connectivity index (χ0n) is 20.9. The smallest absolute Gasteiger partial charge is 0.0877 e. The van der Waals surface area contributed by atoms with E-state index in [-0.39, 0.29) is 34.9 Å². The van der Waals surface area contributed by atoms with Crippen LogP contribution in [0.4, 0.5) is 0 Å². The van der Waals surface area contributed by atoms with Gasteiger partial charge in [-0.1, -0.05) is 40.7 Å². The van der Waals surface area contributed by atoms with E-state index in [9.17, 15) is 20.4 Å². The molecule has 0 bridgehead atoms. The molecule has 4 N–H and O–H groups in total. The van der Waals surface area contributed by atoms with Crippen LogP contribution in [0.1, 0.15) is 92.4 Å². The minimum atomic E-state index is -0.869. The predicted molar refractivity (Wildman–Crippen MR) is 126 cm³/mol. The van der Waals surface area contributed by atoms with Crippen molar-refractivity contribution in [2.75, 3.05) is 6.61 Å². The third-order valence-electron chi connectivity index (χ3n) is 11.9. The monoisotopic (exact) mass is 446 g/mol. The predicted octanol–water partition coefficient (Wildman–Crippen LogP) is 4.45. The van der Waals surface area contributed by atoms with Crippen molar-refractivity contribution < 1.29 is 20.4 Å². The number of hydrogen-bond acceptors (Lipinski definition) is 4. The Bertz CT molecular complexity index is 805. The van der Waals surface area contributed by atoms with Crippen LogP contribution >= 0.6 is 0 Å². The molecule has 0 amide bonds. The Balaban J connectivity index is 1.51. The van der Waals surface area contributed by atoms with E-state index in [0.29, 0.717) is 23.7 Å². The third-order valence-corrected chi connectivity index (χ3v) is 11.9. The lowest BCUT2D eigenvalue weighted by Gasteiger charge is -2.68. The Labute approximate surface area is 194 Å². The lowest BCUT2D eigenvalue weighted by Crippen LogP contribution is -2.66. The molecule has 4 saturated carbocycles. The van der Waals surface area contributed by atoms with Crippen LogP contribution in [0.15, 0.2) is 11.6 Å². The van der Waals surface area contributed by atoms with Crippen LogP contribution in [-0.2, 0) is 0 Å². The molecule has 4 heteroatoms. The summed E-state index contributed by atoms with van der Waals surface area (Å²) in [7, 11) is 0. The van der Waals surface area contributed by atoms with E-state index in [2.05, 4.69) is 33.8 Å². The van der Waals surface area contributed by atoms with E-state index in [0.717, 1.165) is 44.9 Å². The highest BCUT2D eigenvalue weighted by atomic mass is 16.3. The summed E-state index contributed by atoms with van der Waals surface area (Å²) >= 11 is 0. The second-order valence-corrected chi connectivity index (χ2v) is 14.2. The second-order valence-electron chi connectivity index (χ2n) is 14.2. The fourth-order valence-corrected chi connectivity index (χ4v) is 10.4.